The summed E-state index contributed by atoms with van der Waals surface area (Å²) in [4.78, 5) is 26.5. The Hall–Kier alpha value is -2.21. The standard InChI is InChI=1S/C22H28N3O3PS/c1-5-23(6-2)29(30)24(16-21(26)25(29)19-10-8-7-9-11-19)22(27)18(4)28-20-14-12-17(3)13-15-20/h7-15,18H,5-6,16H2,1-4H3. The molecule has 3 rings (SSSR count). The van der Waals surface area contributed by atoms with Gasteiger partial charge >= 0.3 is 0 Å². The van der Waals surface area contributed by atoms with Gasteiger partial charge in [-0.3, -0.25) is 18.9 Å². The van der Waals surface area contributed by atoms with Crippen molar-refractivity contribution in [3.05, 3.63) is 60.2 Å². The zero-order valence-corrected chi connectivity index (χ0v) is 19.5. The smallest absolute Gasteiger partial charge is 0.269 e. The maximum atomic E-state index is 13.4. The molecule has 2 amide bonds. The van der Waals surface area contributed by atoms with Gasteiger partial charge in [0.15, 0.2) is 6.10 Å². The molecule has 2 aromatic carbocycles. The first-order valence-corrected chi connectivity index (χ1v) is 12.8. The monoisotopic (exact) mass is 445 g/mol. The first-order chi connectivity index (χ1) is 14.3. The van der Waals surface area contributed by atoms with Crippen LogP contribution in [0.2, 0.25) is 0 Å². The van der Waals surface area contributed by atoms with Crippen LogP contribution in [0.1, 0.15) is 26.3 Å². The van der Waals surface area contributed by atoms with Gasteiger partial charge in [0.05, 0.1) is 5.69 Å². The number of carbonyl (C=O) groups excluding carboxylic acids is 2. The summed E-state index contributed by atoms with van der Waals surface area (Å²) in [6.45, 7) is 6.09. The number of anilines is 1. The summed E-state index contributed by atoms with van der Waals surface area (Å²) in [5.74, 6) is 0.188. The van der Waals surface area contributed by atoms with Crippen molar-refractivity contribution in [2.45, 2.75) is 33.8 Å². The highest BCUT2D eigenvalue weighted by molar-refractivity contribution is 8.13. The molecule has 1 saturated heterocycles. The van der Waals surface area contributed by atoms with Crippen molar-refractivity contribution in [3.8, 4) is 5.75 Å². The molecule has 30 heavy (non-hydrogen) atoms. The van der Waals surface area contributed by atoms with Crippen LogP contribution in [0.5, 0.6) is 5.75 Å². The molecule has 0 aromatic heterocycles. The second kappa shape index (κ2) is 9.29. The Morgan fingerprint density at radius 1 is 1.13 bits per heavy atom. The maximum absolute atomic E-state index is 13.4. The first-order valence-electron chi connectivity index (χ1n) is 10.1. The lowest BCUT2D eigenvalue weighted by atomic mass is 10.2. The normalized spacial score (nSPS) is 20.0. The van der Waals surface area contributed by atoms with E-state index in [1.54, 1.807) is 16.3 Å². The number of nitrogens with zero attached hydrogens (tertiary/aromatic N) is 3. The fourth-order valence-electron chi connectivity index (χ4n) is 3.56. The van der Waals surface area contributed by atoms with Crippen molar-refractivity contribution >= 4 is 35.8 Å². The minimum atomic E-state index is -2.85. The van der Waals surface area contributed by atoms with Crippen molar-refractivity contribution in [1.82, 2.24) is 9.34 Å². The number of amides is 2. The van der Waals surface area contributed by atoms with Gasteiger partial charge in [-0.1, -0.05) is 49.7 Å². The van der Waals surface area contributed by atoms with E-state index in [9.17, 15) is 9.59 Å². The number of hydrogen-bond acceptors (Lipinski definition) is 4. The van der Waals surface area contributed by atoms with E-state index in [1.807, 2.05) is 75.4 Å². The molecule has 2 aromatic rings. The van der Waals surface area contributed by atoms with Gasteiger partial charge in [-0.25, -0.2) is 4.67 Å². The molecule has 6 nitrogen and oxygen atoms in total. The van der Waals surface area contributed by atoms with Gasteiger partial charge in [0, 0.05) is 13.1 Å². The van der Waals surface area contributed by atoms with Crippen LogP contribution in [-0.4, -0.2) is 46.9 Å². The lowest BCUT2D eigenvalue weighted by Gasteiger charge is -2.41. The van der Waals surface area contributed by atoms with Crippen molar-refractivity contribution < 1.29 is 14.3 Å². The molecule has 0 spiro atoms. The zero-order valence-electron chi connectivity index (χ0n) is 17.8. The number of para-hydroxylation sites is 1. The number of ether oxygens (including phenoxy) is 1. The highest BCUT2D eigenvalue weighted by atomic mass is 32.4. The van der Waals surface area contributed by atoms with Gasteiger partial charge in [0.25, 0.3) is 11.8 Å². The molecule has 160 valence electrons. The van der Waals surface area contributed by atoms with Crippen molar-refractivity contribution in [1.29, 1.82) is 0 Å². The molecular weight excluding hydrogens is 417 g/mol. The van der Waals surface area contributed by atoms with Crippen LogP contribution in [-0.2, 0) is 21.4 Å². The SMILES string of the molecule is CCN(CC)P1(=S)N(C(=O)C(C)Oc2ccc(C)cc2)CC(=O)N1c1ccccc1. The van der Waals surface area contributed by atoms with E-state index in [2.05, 4.69) is 4.67 Å². The van der Waals surface area contributed by atoms with Crippen LogP contribution < -0.4 is 9.41 Å². The third kappa shape index (κ3) is 4.15. The fraction of sp³-hybridized carbons (Fsp3) is 0.364. The van der Waals surface area contributed by atoms with Crippen molar-refractivity contribution in [2.75, 3.05) is 24.3 Å². The average Bonchev–Trinajstić information content (AvgIpc) is 3.01. The minimum absolute atomic E-state index is 0.0386. The van der Waals surface area contributed by atoms with Gasteiger partial charge < -0.3 is 4.74 Å². The lowest BCUT2D eigenvalue weighted by molar-refractivity contribution is -0.134. The van der Waals surface area contributed by atoms with E-state index in [-0.39, 0.29) is 18.4 Å². The Morgan fingerprint density at radius 2 is 1.73 bits per heavy atom. The molecule has 0 aliphatic carbocycles. The Morgan fingerprint density at radius 3 is 2.30 bits per heavy atom. The first kappa shape index (κ1) is 22.5. The summed E-state index contributed by atoms with van der Waals surface area (Å²) >= 11 is 6.16. The van der Waals surface area contributed by atoms with E-state index in [0.717, 1.165) is 11.3 Å². The number of hydrogen-bond donors (Lipinski definition) is 0. The minimum Gasteiger partial charge on any atom is -0.481 e. The Labute approximate surface area is 183 Å². The van der Waals surface area contributed by atoms with Crippen LogP contribution in [0.4, 0.5) is 5.69 Å². The number of carbonyl (C=O) groups is 2. The molecule has 0 bridgehead atoms. The molecule has 8 heteroatoms. The molecule has 0 saturated carbocycles. The largest absolute Gasteiger partial charge is 0.481 e. The predicted molar refractivity (Wildman–Crippen MR) is 124 cm³/mol. The van der Waals surface area contributed by atoms with Gasteiger partial charge in [-0.05, 0) is 49.9 Å². The second-order valence-electron chi connectivity index (χ2n) is 7.16. The van der Waals surface area contributed by atoms with E-state index in [4.69, 9.17) is 16.5 Å². The van der Waals surface area contributed by atoms with Crippen LogP contribution in [0.15, 0.2) is 54.6 Å². The number of benzene rings is 2. The van der Waals surface area contributed by atoms with Gasteiger partial charge in [0.1, 0.15) is 12.3 Å². The topological polar surface area (TPSA) is 53.1 Å². The second-order valence-corrected chi connectivity index (χ2v) is 11.1. The molecule has 0 radical (unpaired) electrons. The lowest BCUT2D eigenvalue weighted by Crippen LogP contribution is -2.41. The molecular formula is C22H28N3O3PS. The third-order valence-electron chi connectivity index (χ3n) is 5.13. The van der Waals surface area contributed by atoms with Gasteiger partial charge in [-0.15, -0.1) is 0 Å². The van der Waals surface area contributed by atoms with Crippen LogP contribution in [0.25, 0.3) is 0 Å². The summed E-state index contributed by atoms with van der Waals surface area (Å²) in [5, 5.41) is 0. The molecule has 1 heterocycles. The molecule has 1 fully saturated rings. The van der Waals surface area contributed by atoms with Crippen LogP contribution in [0, 0.1) is 6.92 Å². The van der Waals surface area contributed by atoms with E-state index in [0.29, 0.717) is 18.8 Å². The van der Waals surface area contributed by atoms with Gasteiger partial charge in [-0.2, -0.15) is 0 Å². The van der Waals surface area contributed by atoms with Gasteiger partial charge in [0.2, 0.25) is 6.49 Å². The maximum Gasteiger partial charge on any atom is 0.269 e. The molecule has 0 N–H and O–H groups in total. The fourth-order valence-corrected chi connectivity index (χ4v) is 8.25. The summed E-state index contributed by atoms with van der Waals surface area (Å²) in [6, 6.07) is 16.9. The van der Waals surface area contributed by atoms with E-state index >= 15 is 0 Å². The zero-order chi connectivity index (χ0) is 21.9. The quantitative estimate of drug-likeness (QED) is 0.598. The van der Waals surface area contributed by atoms with E-state index < -0.39 is 12.6 Å². The van der Waals surface area contributed by atoms with Crippen molar-refractivity contribution in [3.63, 3.8) is 0 Å². The summed E-state index contributed by atoms with van der Waals surface area (Å²) in [6.07, 6.45) is -0.755. The van der Waals surface area contributed by atoms with E-state index in [1.165, 1.54) is 0 Å². The number of aryl methyl sites for hydroxylation is 1. The Bertz CT molecular complexity index is 948. The molecule has 2 atom stereocenters. The van der Waals surface area contributed by atoms with Crippen LogP contribution >= 0.6 is 6.49 Å². The molecule has 1 aliphatic heterocycles. The summed E-state index contributed by atoms with van der Waals surface area (Å²) in [7, 11) is 0. The Kier molecular flexibility index (Phi) is 6.96. The summed E-state index contributed by atoms with van der Waals surface area (Å²) in [5.41, 5.74) is 1.84. The highest BCUT2D eigenvalue weighted by Crippen LogP contribution is 2.62. The summed E-state index contributed by atoms with van der Waals surface area (Å²) < 4.78 is 11.2. The average molecular weight is 446 g/mol. The van der Waals surface area contributed by atoms with Crippen molar-refractivity contribution in [2.24, 2.45) is 0 Å². The highest BCUT2D eigenvalue weighted by Gasteiger charge is 2.51. The molecule has 2 unspecified atom stereocenters. The van der Waals surface area contributed by atoms with Crippen LogP contribution in [0.3, 0.4) is 0 Å². The predicted octanol–water partition coefficient (Wildman–Crippen LogP) is 4.20. The number of rotatable bonds is 7. The molecule has 1 aliphatic rings. The third-order valence-corrected chi connectivity index (χ3v) is 10.2. The Balaban J connectivity index is 1.95.